The fraction of sp³-hybridized carbons (Fsp3) is 0.0667. The van der Waals surface area contributed by atoms with Crippen LogP contribution in [0, 0.1) is 6.92 Å². The second-order valence-electron chi connectivity index (χ2n) is 4.00. The molecular weight excluding hydrogens is 226 g/mol. The van der Waals surface area contributed by atoms with E-state index in [-0.39, 0.29) is 11.5 Å². The zero-order valence-corrected chi connectivity index (χ0v) is 10.00. The number of hydrogen-bond donors (Lipinski definition) is 1. The monoisotopic (exact) mass is 239 g/mol. The van der Waals surface area contributed by atoms with Crippen molar-refractivity contribution in [3.05, 3.63) is 65.5 Å². The van der Waals surface area contributed by atoms with Gasteiger partial charge < -0.3 is 5.11 Å². The maximum Gasteiger partial charge on any atom is 0.189 e. The van der Waals surface area contributed by atoms with Crippen LogP contribution in [0.3, 0.4) is 0 Å². The van der Waals surface area contributed by atoms with Gasteiger partial charge in [-0.1, -0.05) is 12.1 Å². The van der Waals surface area contributed by atoms with Crippen LogP contribution >= 0.6 is 0 Å². The van der Waals surface area contributed by atoms with Gasteiger partial charge in [-0.05, 0) is 48.4 Å². The van der Waals surface area contributed by atoms with Crippen LogP contribution in [-0.2, 0) is 0 Å². The molecule has 3 nitrogen and oxygen atoms in total. The molecular formula is C15H13NO2. The lowest BCUT2D eigenvalue weighted by Gasteiger charge is -2.01. The van der Waals surface area contributed by atoms with Gasteiger partial charge in [0.2, 0.25) is 0 Å². The zero-order valence-electron chi connectivity index (χ0n) is 10.00. The number of carbonyl (C=O) groups is 1. The van der Waals surface area contributed by atoms with Gasteiger partial charge in [0.25, 0.3) is 0 Å². The first-order chi connectivity index (χ1) is 8.66. The maximum absolute atomic E-state index is 11.9. The Morgan fingerprint density at radius 3 is 2.83 bits per heavy atom. The van der Waals surface area contributed by atoms with Crippen LogP contribution in [0.15, 0.2) is 48.8 Å². The molecule has 1 aromatic carbocycles. The van der Waals surface area contributed by atoms with E-state index in [0.29, 0.717) is 5.56 Å². The predicted molar refractivity (Wildman–Crippen MR) is 70.4 cm³/mol. The highest BCUT2D eigenvalue weighted by Crippen LogP contribution is 2.19. The lowest BCUT2D eigenvalue weighted by atomic mass is 10.1. The third kappa shape index (κ3) is 2.83. The van der Waals surface area contributed by atoms with Crippen molar-refractivity contribution >= 4 is 11.9 Å². The van der Waals surface area contributed by atoms with Crippen LogP contribution in [0.5, 0.6) is 5.75 Å². The largest absolute Gasteiger partial charge is 0.507 e. The molecule has 0 saturated carbocycles. The van der Waals surface area contributed by atoms with Crippen molar-refractivity contribution in [2.45, 2.75) is 6.92 Å². The lowest BCUT2D eigenvalue weighted by molar-refractivity contribution is 0.104. The Morgan fingerprint density at radius 2 is 2.17 bits per heavy atom. The van der Waals surface area contributed by atoms with Crippen molar-refractivity contribution in [3.8, 4) is 5.75 Å². The predicted octanol–water partition coefficient (Wildman–Crippen LogP) is 2.99. The van der Waals surface area contributed by atoms with Crippen molar-refractivity contribution in [2.75, 3.05) is 0 Å². The number of ketones is 1. The number of aromatic hydroxyl groups is 1. The average molecular weight is 239 g/mol. The van der Waals surface area contributed by atoms with Gasteiger partial charge in [-0.3, -0.25) is 9.78 Å². The molecule has 0 aliphatic heterocycles. The molecule has 0 fully saturated rings. The lowest BCUT2D eigenvalue weighted by Crippen LogP contribution is -1.95. The third-order valence-electron chi connectivity index (χ3n) is 2.53. The SMILES string of the molecule is Cc1ccc(C(=O)C=Cc2cccnc2)c(O)c1. The van der Waals surface area contributed by atoms with E-state index in [4.69, 9.17) is 0 Å². The molecule has 0 aliphatic rings. The Morgan fingerprint density at radius 1 is 1.33 bits per heavy atom. The van der Waals surface area contributed by atoms with Crippen molar-refractivity contribution < 1.29 is 9.90 Å². The van der Waals surface area contributed by atoms with Gasteiger partial charge in [0.15, 0.2) is 5.78 Å². The number of carbonyl (C=O) groups excluding carboxylic acids is 1. The van der Waals surface area contributed by atoms with Crippen molar-refractivity contribution in [2.24, 2.45) is 0 Å². The fourth-order valence-electron chi connectivity index (χ4n) is 1.59. The number of phenols is 1. The molecule has 2 rings (SSSR count). The maximum atomic E-state index is 11.9. The number of aryl methyl sites for hydroxylation is 1. The highest BCUT2D eigenvalue weighted by molar-refractivity contribution is 6.08. The Kier molecular flexibility index (Phi) is 3.53. The number of rotatable bonds is 3. The quantitative estimate of drug-likeness (QED) is 0.661. The molecule has 0 atom stereocenters. The molecule has 0 spiro atoms. The number of benzene rings is 1. The molecule has 0 saturated heterocycles. The van der Waals surface area contributed by atoms with Gasteiger partial charge in [-0.15, -0.1) is 0 Å². The third-order valence-corrected chi connectivity index (χ3v) is 2.53. The minimum absolute atomic E-state index is 0.0100. The summed E-state index contributed by atoms with van der Waals surface area (Å²) in [5, 5.41) is 9.69. The normalized spacial score (nSPS) is 10.7. The highest BCUT2D eigenvalue weighted by Gasteiger charge is 2.07. The van der Waals surface area contributed by atoms with Crippen LogP contribution in [0.25, 0.3) is 6.08 Å². The molecule has 2 aromatic rings. The van der Waals surface area contributed by atoms with E-state index in [0.717, 1.165) is 11.1 Å². The van der Waals surface area contributed by atoms with E-state index >= 15 is 0 Å². The molecule has 90 valence electrons. The van der Waals surface area contributed by atoms with Crippen molar-refractivity contribution in [1.82, 2.24) is 4.98 Å². The summed E-state index contributed by atoms with van der Waals surface area (Å²) in [6.07, 6.45) is 6.44. The minimum Gasteiger partial charge on any atom is -0.507 e. The first-order valence-corrected chi connectivity index (χ1v) is 5.59. The Balaban J connectivity index is 2.20. The zero-order chi connectivity index (χ0) is 13.0. The van der Waals surface area contributed by atoms with E-state index in [9.17, 15) is 9.90 Å². The van der Waals surface area contributed by atoms with Crippen molar-refractivity contribution in [3.63, 3.8) is 0 Å². The summed E-state index contributed by atoms with van der Waals surface area (Å²) in [5.41, 5.74) is 2.07. The van der Waals surface area contributed by atoms with Crippen LogP contribution in [-0.4, -0.2) is 15.9 Å². The van der Waals surface area contributed by atoms with E-state index < -0.39 is 0 Å². The number of hydrogen-bond acceptors (Lipinski definition) is 3. The summed E-state index contributed by atoms with van der Waals surface area (Å²) in [6, 6.07) is 8.65. The standard InChI is InChI=1S/C15H13NO2/c1-11-4-6-13(15(18)9-11)14(17)7-5-12-3-2-8-16-10-12/h2-10,18H,1H3. The van der Waals surface area contributed by atoms with Gasteiger partial charge in [0.05, 0.1) is 5.56 Å². The number of aromatic nitrogens is 1. The molecule has 0 radical (unpaired) electrons. The Hall–Kier alpha value is -2.42. The second kappa shape index (κ2) is 5.27. The number of nitrogens with zero attached hydrogens (tertiary/aromatic N) is 1. The smallest absolute Gasteiger partial charge is 0.189 e. The minimum atomic E-state index is -0.226. The Labute approximate surface area is 105 Å². The molecule has 1 heterocycles. The fourth-order valence-corrected chi connectivity index (χ4v) is 1.59. The van der Waals surface area contributed by atoms with Crippen LogP contribution in [0.2, 0.25) is 0 Å². The van der Waals surface area contributed by atoms with Crippen LogP contribution in [0.4, 0.5) is 0 Å². The van der Waals surface area contributed by atoms with Crippen molar-refractivity contribution in [1.29, 1.82) is 0 Å². The molecule has 0 unspecified atom stereocenters. The Bertz CT molecular complexity index is 589. The highest BCUT2D eigenvalue weighted by atomic mass is 16.3. The van der Waals surface area contributed by atoms with Crippen LogP contribution in [0.1, 0.15) is 21.5 Å². The summed E-state index contributed by atoms with van der Waals surface area (Å²) in [5.74, 6) is -0.216. The van der Waals surface area contributed by atoms with Crippen LogP contribution < -0.4 is 0 Å². The molecule has 1 N–H and O–H groups in total. The van der Waals surface area contributed by atoms with Gasteiger partial charge in [-0.25, -0.2) is 0 Å². The summed E-state index contributed by atoms with van der Waals surface area (Å²) >= 11 is 0. The first kappa shape index (κ1) is 12.0. The van der Waals surface area contributed by atoms with Gasteiger partial charge >= 0.3 is 0 Å². The molecule has 0 bridgehead atoms. The molecule has 18 heavy (non-hydrogen) atoms. The summed E-state index contributed by atoms with van der Waals surface area (Å²) in [7, 11) is 0. The molecule has 3 heteroatoms. The molecule has 0 amide bonds. The van der Waals surface area contributed by atoms with E-state index in [1.54, 1.807) is 42.7 Å². The average Bonchev–Trinajstić information content (AvgIpc) is 2.37. The number of pyridine rings is 1. The van der Waals surface area contributed by atoms with E-state index in [1.807, 2.05) is 13.0 Å². The van der Waals surface area contributed by atoms with E-state index in [2.05, 4.69) is 4.98 Å². The van der Waals surface area contributed by atoms with E-state index in [1.165, 1.54) is 6.08 Å². The topological polar surface area (TPSA) is 50.2 Å². The molecule has 1 aromatic heterocycles. The number of phenolic OH excluding ortho intramolecular Hbond substituents is 1. The summed E-state index contributed by atoms with van der Waals surface area (Å²) in [6.45, 7) is 1.86. The second-order valence-corrected chi connectivity index (χ2v) is 4.00. The van der Waals surface area contributed by atoms with Gasteiger partial charge in [0.1, 0.15) is 5.75 Å². The summed E-state index contributed by atoms with van der Waals surface area (Å²) < 4.78 is 0. The molecule has 0 aliphatic carbocycles. The number of allylic oxidation sites excluding steroid dienone is 1. The first-order valence-electron chi connectivity index (χ1n) is 5.59. The summed E-state index contributed by atoms with van der Waals surface area (Å²) in [4.78, 5) is 15.8. The van der Waals surface area contributed by atoms with Gasteiger partial charge in [0, 0.05) is 12.4 Å². The van der Waals surface area contributed by atoms with Gasteiger partial charge in [-0.2, -0.15) is 0 Å².